The zero-order valence-corrected chi connectivity index (χ0v) is 12.8. The summed E-state index contributed by atoms with van der Waals surface area (Å²) in [6, 6.07) is 0. The standard InChI is InChI=1S/C12H14N4O8/c1-3-13-10(21)23-5-24-11(22)14-4-16-8(19)12(9(16)20)6(17)15(2)7(12)18/h3-5H2,1-2H3,(H,13,21)(H,14,22). The Morgan fingerprint density at radius 2 is 1.46 bits per heavy atom. The van der Waals surface area contributed by atoms with Gasteiger partial charge in [0.25, 0.3) is 29.0 Å². The summed E-state index contributed by atoms with van der Waals surface area (Å²) in [4.78, 5) is 70.5. The van der Waals surface area contributed by atoms with Gasteiger partial charge in [-0.2, -0.15) is 0 Å². The molecule has 6 amide bonds. The fourth-order valence-corrected chi connectivity index (χ4v) is 2.21. The van der Waals surface area contributed by atoms with E-state index in [0.717, 1.165) is 7.05 Å². The van der Waals surface area contributed by atoms with Crippen LogP contribution >= 0.6 is 0 Å². The van der Waals surface area contributed by atoms with Crippen LogP contribution in [0.15, 0.2) is 0 Å². The Kier molecular flexibility index (Phi) is 4.39. The number of imide groups is 2. The van der Waals surface area contributed by atoms with Crippen molar-refractivity contribution in [3.05, 3.63) is 0 Å². The predicted molar refractivity (Wildman–Crippen MR) is 71.6 cm³/mol. The third-order valence-electron chi connectivity index (χ3n) is 3.47. The zero-order valence-electron chi connectivity index (χ0n) is 12.8. The maximum absolute atomic E-state index is 11.9. The van der Waals surface area contributed by atoms with Crippen LogP contribution in [0.2, 0.25) is 0 Å². The van der Waals surface area contributed by atoms with Crippen LogP contribution in [0.5, 0.6) is 0 Å². The molecular formula is C12H14N4O8. The van der Waals surface area contributed by atoms with E-state index in [1.165, 1.54) is 0 Å². The van der Waals surface area contributed by atoms with Crippen LogP contribution in [-0.2, 0) is 28.7 Å². The van der Waals surface area contributed by atoms with Crippen LogP contribution < -0.4 is 10.6 Å². The number of nitrogens with one attached hydrogen (secondary N) is 2. The number of amides is 6. The first kappa shape index (κ1) is 17.2. The van der Waals surface area contributed by atoms with Gasteiger partial charge in [0.1, 0.15) is 6.67 Å². The molecule has 0 bridgehead atoms. The molecule has 0 saturated carbocycles. The number of ether oxygens (including phenoxy) is 2. The quantitative estimate of drug-likeness (QED) is 0.322. The van der Waals surface area contributed by atoms with Crippen molar-refractivity contribution in [2.45, 2.75) is 6.92 Å². The molecule has 12 heteroatoms. The molecule has 2 N–H and O–H groups in total. The molecule has 130 valence electrons. The monoisotopic (exact) mass is 342 g/mol. The predicted octanol–water partition coefficient (Wildman–Crippen LogP) is -2.27. The van der Waals surface area contributed by atoms with Crippen molar-refractivity contribution in [3.8, 4) is 0 Å². The molecule has 0 aromatic rings. The van der Waals surface area contributed by atoms with Crippen molar-refractivity contribution in [2.24, 2.45) is 5.41 Å². The summed E-state index contributed by atoms with van der Waals surface area (Å²) in [5, 5.41) is 4.35. The maximum atomic E-state index is 11.9. The fourth-order valence-electron chi connectivity index (χ4n) is 2.21. The Morgan fingerprint density at radius 3 is 1.96 bits per heavy atom. The SMILES string of the molecule is CCNC(=O)OCOC(=O)NCN1C(=O)C2(C(=O)N(C)C2=O)C1=O. The van der Waals surface area contributed by atoms with Gasteiger partial charge in [-0.3, -0.25) is 29.0 Å². The van der Waals surface area contributed by atoms with Crippen molar-refractivity contribution in [2.75, 3.05) is 27.1 Å². The van der Waals surface area contributed by atoms with Gasteiger partial charge in [0.05, 0.1) is 0 Å². The first-order chi connectivity index (χ1) is 11.3. The van der Waals surface area contributed by atoms with E-state index in [1.807, 2.05) is 0 Å². The lowest BCUT2D eigenvalue weighted by molar-refractivity contribution is -0.198. The van der Waals surface area contributed by atoms with Gasteiger partial charge in [0.2, 0.25) is 6.79 Å². The van der Waals surface area contributed by atoms with E-state index in [9.17, 15) is 28.8 Å². The summed E-state index contributed by atoms with van der Waals surface area (Å²) in [7, 11) is 1.16. The van der Waals surface area contributed by atoms with Gasteiger partial charge in [-0.1, -0.05) is 0 Å². The van der Waals surface area contributed by atoms with Gasteiger partial charge in [0, 0.05) is 13.6 Å². The Bertz CT molecular complexity index is 611. The number of β-lactam (4-membered cyclic amide) rings is 4. The van der Waals surface area contributed by atoms with Crippen LogP contribution in [0.25, 0.3) is 0 Å². The van der Waals surface area contributed by atoms with Gasteiger partial charge in [0.15, 0.2) is 0 Å². The average Bonchev–Trinajstić information content (AvgIpc) is 2.55. The highest BCUT2D eigenvalue weighted by Gasteiger charge is 2.79. The van der Waals surface area contributed by atoms with Crippen LogP contribution in [0, 0.1) is 5.41 Å². The van der Waals surface area contributed by atoms with Gasteiger partial charge in [-0.25, -0.2) is 9.59 Å². The van der Waals surface area contributed by atoms with Crippen molar-refractivity contribution in [3.63, 3.8) is 0 Å². The number of carbonyl (C=O) groups is 6. The molecule has 0 atom stereocenters. The summed E-state index contributed by atoms with van der Waals surface area (Å²) >= 11 is 0. The lowest BCUT2D eigenvalue weighted by atomic mass is 9.69. The summed E-state index contributed by atoms with van der Waals surface area (Å²) in [5.41, 5.74) is -2.28. The lowest BCUT2D eigenvalue weighted by Gasteiger charge is -2.51. The van der Waals surface area contributed by atoms with Gasteiger partial charge in [-0.05, 0) is 6.92 Å². The number of hydrogen-bond acceptors (Lipinski definition) is 8. The van der Waals surface area contributed by atoms with E-state index in [-0.39, 0.29) is 0 Å². The van der Waals surface area contributed by atoms with Crippen molar-refractivity contribution in [1.29, 1.82) is 0 Å². The Hall–Kier alpha value is -3.18. The van der Waals surface area contributed by atoms with E-state index in [4.69, 9.17) is 0 Å². The number of likely N-dealkylation sites (tertiary alicyclic amines) is 2. The highest BCUT2D eigenvalue weighted by atomic mass is 16.7. The normalized spacial score (nSPS) is 18.1. The fraction of sp³-hybridized carbons (Fsp3) is 0.500. The summed E-state index contributed by atoms with van der Waals surface area (Å²) in [6.07, 6.45) is -1.85. The molecule has 2 aliphatic rings. The molecule has 2 heterocycles. The van der Waals surface area contributed by atoms with Crippen molar-refractivity contribution < 1.29 is 38.2 Å². The second-order valence-corrected chi connectivity index (χ2v) is 4.80. The highest BCUT2D eigenvalue weighted by Crippen LogP contribution is 2.43. The molecule has 0 radical (unpaired) electrons. The molecule has 1 spiro atoms. The number of alkyl carbamates (subject to hydrolysis) is 2. The Morgan fingerprint density at radius 1 is 0.958 bits per heavy atom. The van der Waals surface area contributed by atoms with Gasteiger partial charge >= 0.3 is 12.2 Å². The van der Waals surface area contributed by atoms with E-state index >= 15 is 0 Å². The molecule has 2 fully saturated rings. The molecule has 2 aliphatic heterocycles. The van der Waals surface area contributed by atoms with Crippen LogP contribution in [-0.4, -0.2) is 72.7 Å². The average molecular weight is 342 g/mol. The van der Waals surface area contributed by atoms with E-state index < -0.39 is 54.7 Å². The van der Waals surface area contributed by atoms with Crippen LogP contribution in [0.1, 0.15) is 6.92 Å². The minimum atomic E-state index is -2.28. The Balaban J connectivity index is 1.76. The topological polar surface area (TPSA) is 151 Å². The second kappa shape index (κ2) is 6.14. The first-order valence-electron chi connectivity index (χ1n) is 6.78. The molecule has 12 nitrogen and oxygen atoms in total. The largest absolute Gasteiger partial charge is 0.412 e. The second-order valence-electron chi connectivity index (χ2n) is 4.80. The van der Waals surface area contributed by atoms with Crippen LogP contribution in [0.4, 0.5) is 9.59 Å². The maximum Gasteiger partial charge on any atom is 0.411 e. The van der Waals surface area contributed by atoms with E-state index in [2.05, 4.69) is 20.1 Å². The number of rotatable bonds is 5. The Labute approximate surface area is 135 Å². The molecule has 2 saturated heterocycles. The molecule has 0 aliphatic carbocycles. The minimum absolute atomic E-state index is 0.332. The minimum Gasteiger partial charge on any atom is -0.412 e. The summed E-state index contributed by atoms with van der Waals surface area (Å²) in [5.74, 6) is -3.78. The molecular weight excluding hydrogens is 328 g/mol. The van der Waals surface area contributed by atoms with Crippen molar-refractivity contribution >= 4 is 35.8 Å². The lowest BCUT2D eigenvalue weighted by Crippen LogP contribution is -2.84. The zero-order chi connectivity index (χ0) is 18.1. The smallest absolute Gasteiger partial charge is 0.411 e. The third-order valence-corrected chi connectivity index (χ3v) is 3.47. The highest BCUT2D eigenvalue weighted by molar-refractivity contribution is 6.52. The van der Waals surface area contributed by atoms with Gasteiger partial charge in [-0.15, -0.1) is 0 Å². The number of hydrogen-bond donors (Lipinski definition) is 2. The molecule has 0 unspecified atom stereocenters. The van der Waals surface area contributed by atoms with E-state index in [0.29, 0.717) is 16.3 Å². The van der Waals surface area contributed by atoms with Gasteiger partial charge < -0.3 is 20.1 Å². The molecule has 2 rings (SSSR count). The number of carbonyl (C=O) groups excluding carboxylic acids is 6. The molecule has 0 aromatic carbocycles. The van der Waals surface area contributed by atoms with Crippen molar-refractivity contribution in [1.82, 2.24) is 20.4 Å². The number of nitrogens with zero attached hydrogens (tertiary/aromatic N) is 2. The summed E-state index contributed by atoms with van der Waals surface area (Å²) in [6.45, 7) is 0.742. The summed E-state index contributed by atoms with van der Waals surface area (Å²) < 4.78 is 8.94. The van der Waals surface area contributed by atoms with E-state index in [1.54, 1.807) is 6.92 Å². The third kappa shape index (κ3) is 2.31. The van der Waals surface area contributed by atoms with Crippen LogP contribution in [0.3, 0.4) is 0 Å². The molecule has 0 aromatic heterocycles. The molecule has 24 heavy (non-hydrogen) atoms. The first-order valence-corrected chi connectivity index (χ1v) is 6.78.